The molecular formula is C19H24Cl2Hf. The molecule has 0 fully saturated rings. The van der Waals surface area contributed by atoms with E-state index in [1.807, 2.05) is 3.33 Å². The van der Waals surface area contributed by atoms with Gasteiger partial charge in [0.2, 0.25) is 0 Å². The molecular weight excluding hydrogens is 478 g/mol. The molecule has 0 radical (unpaired) electrons. The van der Waals surface area contributed by atoms with Crippen LogP contribution in [0.4, 0.5) is 0 Å². The number of halogens is 2. The van der Waals surface area contributed by atoms with Gasteiger partial charge in [-0.15, -0.1) is 24.8 Å². The number of hydrogen-bond donors (Lipinski definition) is 0. The van der Waals surface area contributed by atoms with Gasteiger partial charge < -0.3 is 0 Å². The summed E-state index contributed by atoms with van der Waals surface area (Å²) >= 11 is -0.944. The van der Waals surface area contributed by atoms with E-state index in [-0.39, 0.29) is 24.8 Å². The van der Waals surface area contributed by atoms with E-state index in [4.69, 9.17) is 0 Å². The van der Waals surface area contributed by atoms with Crippen molar-refractivity contribution in [1.29, 1.82) is 0 Å². The van der Waals surface area contributed by atoms with Crippen molar-refractivity contribution in [1.82, 2.24) is 0 Å². The molecule has 0 bridgehead atoms. The number of fused-ring (bicyclic) bond motifs is 1. The first-order valence-corrected chi connectivity index (χ1v) is 11.0. The van der Waals surface area contributed by atoms with Crippen molar-refractivity contribution in [3.8, 4) is 0 Å². The molecule has 0 N–H and O–H groups in total. The van der Waals surface area contributed by atoms with E-state index in [2.05, 4.69) is 71.0 Å². The molecule has 118 valence electrons. The molecule has 0 amide bonds. The molecule has 0 saturated carbocycles. The van der Waals surface area contributed by atoms with Crippen LogP contribution in [0.5, 0.6) is 0 Å². The molecule has 1 aromatic carbocycles. The second-order valence-corrected chi connectivity index (χ2v) is 12.9. The quantitative estimate of drug-likeness (QED) is 0.429. The van der Waals surface area contributed by atoms with Gasteiger partial charge in [-0.1, -0.05) is 0 Å². The topological polar surface area (TPSA) is 0 Å². The monoisotopic (exact) mass is 502 g/mol. The Labute approximate surface area is 158 Å². The van der Waals surface area contributed by atoms with Crippen LogP contribution in [0.1, 0.15) is 45.7 Å². The summed E-state index contributed by atoms with van der Waals surface area (Å²) in [6.07, 6.45) is 4.82. The summed E-state index contributed by atoms with van der Waals surface area (Å²) in [4.78, 5) is 0. The molecule has 0 aromatic heterocycles. The molecule has 0 spiro atoms. The molecule has 1 aromatic rings. The average Bonchev–Trinajstić information content (AvgIpc) is 2.87. The normalized spacial score (nSPS) is 25.8. The maximum absolute atomic E-state index is 2.48. The van der Waals surface area contributed by atoms with Crippen molar-refractivity contribution >= 4 is 30.9 Å². The van der Waals surface area contributed by atoms with Crippen molar-refractivity contribution in [2.45, 2.75) is 37.8 Å². The molecule has 3 rings (SSSR count). The van der Waals surface area contributed by atoms with Crippen molar-refractivity contribution in [3.05, 3.63) is 61.5 Å². The zero-order valence-electron chi connectivity index (χ0n) is 13.9. The summed E-state index contributed by atoms with van der Waals surface area (Å²) in [5.74, 6) is 0.691. The van der Waals surface area contributed by atoms with Gasteiger partial charge in [-0.2, -0.15) is 0 Å². The Morgan fingerprint density at radius 1 is 1.00 bits per heavy atom. The Bertz CT molecular complexity index is 670. The van der Waals surface area contributed by atoms with Gasteiger partial charge in [-0.3, -0.25) is 0 Å². The van der Waals surface area contributed by atoms with Gasteiger partial charge in [0.05, 0.1) is 0 Å². The van der Waals surface area contributed by atoms with Gasteiger partial charge in [-0.05, 0) is 0 Å². The number of allylic oxidation sites excluding steroid dienone is 5. The third kappa shape index (κ3) is 3.09. The smallest absolute Gasteiger partial charge is 0.147 e. The molecule has 0 saturated heterocycles. The van der Waals surface area contributed by atoms with E-state index in [0.717, 1.165) is 0 Å². The summed E-state index contributed by atoms with van der Waals surface area (Å²) in [6.45, 7) is 11.8. The second-order valence-electron chi connectivity index (χ2n) is 6.32. The minimum Gasteiger partial charge on any atom is -0.147 e. The molecule has 3 heteroatoms. The van der Waals surface area contributed by atoms with Crippen LogP contribution in [-0.2, 0) is 26.1 Å². The predicted molar refractivity (Wildman–Crippen MR) is 97.6 cm³/mol. The maximum atomic E-state index is 2.48. The molecule has 0 aliphatic heterocycles. The summed E-state index contributed by atoms with van der Waals surface area (Å²) in [7, 11) is 0. The van der Waals surface area contributed by atoms with Gasteiger partial charge in [-0.25, -0.2) is 0 Å². The zero-order valence-corrected chi connectivity index (χ0v) is 19.1. The third-order valence-corrected chi connectivity index (χ3v) is 12.5. The summed E-state index contributed by atoms with van der Waals surface area (Å²) < 4.78 is 2.18. The van der Waals surface area contributed by atoms with Crippen molar-refractivity contribution in [3.63, 3.8) is 0 Å². The fraction of sp³-hybridized carbons (Fsp3) is 0.368. The molecule has 22 heavy (non-hydrogen) atoms. The Morgan fingerprint density at radius 3 is 2.23 bits per heavy atom. The van der Waals surface area contributed by atoms with Gasteiger partial charge in [0.1, 0.15) is 0 Å². The first-order valence-electron chi connectivity index (χ1n) is 7.39. The SMILES string of the molecule is CC1=C(C)C(C)[C]([Hf][C]2(C)C=Cc3ccccc32)=C1C.Cl.Cl. The van der Waals surface area contributed by atoms with Crippen LogP contribution in [-0.4, -0.2) is 0 Å². The summed E-state index contributed by atoms with van der Waals surface area (Å²) in [6, 6.07) is 8.95. The zero-order chi connectivity index (χ0) is 14.5. The number of rotatable bonds is 2. The Morgan fingerprint density at radius 2 is 1.64 bits per heavy atom. The number of hydrogen-bond acceptors (Lipinski definition) is 0. The summed E-state index contributed by atoms with van der Waals surface area (Å²) in [5, 5.41) is 0. The maximum Gasteiger partial charge on any atom is -0.147 e. The van der Waals surface area contributed by atoms with Crippen molar-refractivity contribution in [2.75, 3.05) is 0 Å². The van der Waals surface area contributed by atoms with Crippen LogP contribution in [0.3, 0.4) is 0 Å². The number of benzene rings is 1. The van der Waals surface area contributed by atoms with Gasteiger partial charge in [0.25, 0.3) is 0 Å². The van der Waals surface area contributed by atoms with Crippen LogP contribution < -0.4 is 0 Å². The van der Waals surface area contributed by atoms with Crippen LogP contribution in [0.25, 0.3) is 6.08 Å². The van der Waals surface area contributed by atoms with E-state index in [1.54, 1.807) is 22.3 Å². The van der Waals surface area contributed by atoms with E-state index in [1.165, 1.54) is 5.56 Å². The van der Waals surface area contributed by atoms with Crippen LogP contribution >= 0.6 is 24.8 Å². The molecule has 2 aliphatic carbocycles. The molecule has 0 nitrogen and oxygen atoms in total. The molecule has 2 atom stereocenters. The fourth-order valence-electron chi connectivity index (χ4n) is 3.42. The second kappa shape index (κ2) is 7.20. The van der Waals surface area contributed by atoms with Gasteiger partial charge in [0, 0.05) is 0 Å². The van der Waals surface area contributed by atoms with Crippen molar-refractivity contribution < 1.29 is 22.9 Å². The van der Waals surface area contributed by atoms with Gasteiger partial charge >= 0.3 is 134 Å². The first-order chi connectivity index (χ1) is 9.44. The largest absolute Gasteiger partial charge is 0.147 e. The summed E-state index contributed by atoms with van der Waals surface area (Å²) in [5.41, 5.74) is 7.77. The molecule has 2 aliphatic rings. The van der Waals surface area contributed by atoms with Crippen LogP contribution in [0, 0.1) is 5.92 Å². The standard InChI is InChI=1S/C10H9.C9H13.2ClH.Hf/c1-8-6-7-9-4-2-3-5-10(8)9;1-6-5-7(2)9(4)8(6)3;;;/h2-7H,1H3;6H,1-4H3;2*1H;. The predicted octanol–water partition coefficient (Wildman–Crippen LogP) is 6.11. The Kier molecular flexibility index (Phi) is 6.52. The van der Waals surface area contributed by atoms with Crippen molar-refractivity contribution in [2.24, 2.45) is 5.92 Å². The molecule has 2 unspecified atom stereocenters. The Hall–Kier alpha value is -0.110. The van der Waals surface area contributed by atoms with E-state index in [0.29, 0.717) is 9.09 Å². The minimum absolute atomic E-state index is 0. The average molecular weight is 502 g/mol. The fourth-order valence-corrected chi connectivity index (χ4v) is 10.2. The van der Waals surface area contributed by atoms with Gasteiger partial charge in [0.15, 0.2) is 0 Å². The Balaban J connectivity index is 0.00000121. The minimum atomic E-state index is -0.944. The van der Waals surface area contributed by atoms with Crippen LogP contribution in [0.15, 0.2) is 50.4 Å². The van der Waals surface area contributed by atoms with Crippen LogP contribution in [0.2, 0.25) is 0 Å². The molecule has 0 heterocycles. The first kappa shape index (κ1) is 19.9. The van der Waals surface area contributed by atoms with E-state index < -0.39 is 22.9 Å². The third-order valence-electron chi connectivity index (χ3n) is 5.15. The van der Waals surface area contributed by atoms with E-state index in [9.17, 15) is 0 Å². The van der Waals surface area contributed by atoms with E-state index >= 15 is 0 Å².